The summed E-state index contributed by atoms with van der Waals surface area (Å²) in [7, 11) is 1.85. The number of aromatic nitrogens is 5. The SMILES string of the molecule is Cc1nn(C)c2nc(-c3cccs3)cc(C(=O)NCCn3nccc3C)c12. The van der Waals surface area contributed by atoms with Gasteiger partial charge < -0.3 is 5.32 Å². The first-order valence-corrected chi connectivity index (χ1v) is 9.57. The average Bonchev–Trinajstić information content (AvgIpc) is 3.37. The van der Waals surface area contributed by atoms with Gasteiger partial charge in [-0.15, -0.1) is 11.3 Å². The van der Waals surface area contributed by atoms with E-state index < -0.39 is 0 Å². The van der Waals surface area contributed by atoms with Crippen molar-refractivity contribution in [3.05, 3.63) is 52.8 Å². The number of aryl methyl sites for hydroxylation is 3. The highest BCUT2D eigenvalue weighted by atomic mass is 32.1. The lowest BCUT2D eigenvalue weighted by Gasteiger charge is -2.09. The van der Waals surface area contributed by atoms with Crippen molar-refractivity contribution >= 4 is 28.3 Å². The van der Waals surface area contributed by atoms with Crippen LogP contribution in [0, 0.1) is 13.8 Å². The number of rotatable bonds is 5. The third-order valence-corrected chi connectivity index (χ3v) is 5.42. The van der Waals surface area contributed by atoms with E-state index in [2.05, 4.69) is 15.5 Å². The van der Waals surface area contributed by atoms with Gasteiger partial charge in [-0.2, -0.15) is 10.2 Å². The van der Waals surface area contributed by atoms with Crippen molar-refractivity contribution in [2.75, 3.05) is 6.54 Å². The second-order valence-electron chi connectivity index (χ2n) is 6.39. The highest BCUT2D eigenvalue weighted by Gasteiger charge is 2.19. The molecule has 0 aliphatic carbocycles. The summed E-state index contributed by atoms with van der Waals surface area (Å²) in [6.07, 6.45) is 1.76. The van der Waals surface area contributed by atoms with Crippen LogP contribution in [0.15, 0.2) is 35.8 Å². The first kappa shape index (κ1) is 17.4. The van der Waals surface area contributed by atoms with E-state index in [1.165, 1.54) is 0 Å². The molecule has 0 saturated heterocycles. The number of carbonyl (C=O) groups is 1. The van der Waals surface area contributed by atoms with Crippen molar-refractivity contribution in [2.24, 2.45) is 7.05 Å². The minimum Gasteiger partial charge on any atom is -0.350 e. The zero-order valence-corrected chi connectivity index (χ0v) is 16.2. The van der Waals surface area contributed by atoms with Gasteiger partial charge in [-0.25, -0.2) is 4.98 Å². The number of thiophene rings is 1. The third kappa shape index (κ3) is 3.23. The molecule has 0 saturated carbocycles. The first-order chi connectivity index (χ1) is 13.0. The number of nitrogens with zero attached hydrogens (tertiary/aromatic N) is 5. The maximum absolute atomic E-state index is 13.0. The summed E-state index contributed by atoms with van der Waals surface area (Å²) in [6, 6.07) is 7.79. The Morgan fingerprint density at radius 3 is 2.85 bits per heavy atom. The Kier molecular flexibility index (Phi) is 4.49. The van der Waals surface area contributed by atoms with E-state index in [9.17, 15) is 4.79 Å². The van der Waals surface area contributed by atoms with Crippen molar-refractivity contribution in [1.82, 2.24) is 29.9 Å². The van der Waals surface area contributed by atoms with Crippen LogP contribution in [0.3, 0.4) is 0 Å². The molecule has 0 aliphatic rings. The number of hydrogen-bond acceptors (Lipinski definition) is 5. The summed E-state index contributed by atoms with van der Waals surface area (Å²) in [5.74, 6) is -0.124. The van der Waals surface area contributed by atoms with Crippen LogP contribution in [0.25, 0.3) is 21.6 Å². The predicted octanol–water partition coefficient (Wildman–Crippen LogP) is 2.94. The lowest BCUT2D eigenvalue weighted by molar-refractivity contribution is 0.0953. The van der Waals surface area contributed by atoms with E-state index in [1.54, 1.807) is 22.2 Å². The first-order valence-electron chi connectivity index (χ1n) is 8.69. The largest absolute Gasteiger partial charge is 0.350 e. The molecule has 1 amide bonds. The van der Waals surface area contributed by atoms with Crippen LogP contribution in [0.1, 0.15) is 21.7 Å². The molecule has 0 spiro atoms. The minimum absolute atomic E-state index is 0.124. The van der Waals surface area contributed by atoms with Crippen LogP contribution in [-0.4, -0.2) is 37.0 Å². The molecule has 0 radical (unpaired) electrons. The van der Waals surface area contributed by atoms with Crippen molar-refractivity contribution in [1.29, 1.82) is 0 Å². The van der Waals surface area contributed by atoms with Crippen LogP contribution < -0.4 is 5.32 Å². The normalized spacial score (nSPS) is 11.2. The molecule has 0 fully saturated rings. The van der Waals surface area contributed by atoms with Gasteiger partial charge in [-0.05, 0) is 37.4 Å². The summed E-state index contributed by atoms with van der Waals surface area (Å²) in [5.41, 5.74) is 3.97. The van der Waals surface area contributed by atoms with Gasteiger partial charge in [0.15, 0.2) is 5.65 Å². The number of carbonyl (C=O) groups excluding carboxylic acids is 1. The second-order valence-corrected chi connectivity index (χ2v) is 7.34. The van der Waals surface area contributed by atoms with Gasteiger partial charge in [-0.3, -0.25) is 14.2 Å². The van der Waals surface area contributed by atoms with E-state index in [-0.39, 0.29) is 5.91 Å². The van der Waals surface area contributed by atoms with E-state index in [0.29, 0.717) is 24.3 Å². The number of hydrogen-bond donors (Lipinski definition) is 1. The number of fused-ring (bicyclic) bond motifs is 1. The summed E-state index contributed by atoms with van der Waals surface area (Å²) in [6.45, 7) is 5.02. The van der Waals surface area contributed by atoms with Crippen LogP contribution in [0.4, 0.5) is 0 Å². The molecule has 0 aliphatic heterocycles. The molecule has 1 N–H and O–H groups in total. The maximum Gasteiger partial charge on any atom is 0.252 e. The Bertz CT molecular complexity index is 1110. The van der Waals surface area contributed by atoms with Crippen molar-refractivity contribution in [3.63, 3.8) is 0 Å². The topological polar surface area (TPSA) is 77.6 Å². The molecule has 4 heterocycles. The lowest BCUT2D eigenvalue weighted by Crippen LogP contribution is -2.28. The van der Waals surface area contributed by atoms with Gasteiger partial charge in [-0.1, -0.05) is 6.07 Å². The fourth-order valence-electron chi connectivity index (χ4n) is 3.18. The third-order valence-electron chi connectivity index (χ3n) is 4.53. The van der Waals surface area contributed by atoms with Gasteiger partial charge in [0, 0.05) is 25.5 Å². The molecule has 4 rings (SSSR count). The van der Waals surface area contributed by atoms with E-state index >= 15 is 0 Å². The number of amides is 1. The molecule has 0 atom stereocenters. The van der Waals surface area contributed by atoms with E-state index in [4.69, 9.17) is 4.98 Å². The van der Waals surface area contributed by atoms with Crippen LogP contribution in [0.2, 0.25) is 0 Å². The zero-order chi connectivity index (χ0) is 19.0. The van der Waals surface area contributed by atoms with Crippen molar-refractivity contribution in [3.8, 4) is 10.6 Å². The van der Waals surface area contributed by atoms with Crippen LogP contribution in [0.5, 0.6) is 0 Å². The Hall–Kier alpha value is -3.00. The Balaban J connectivity index is 1.66. The van der Waals surface area contributed by atoms with E-state index in [0.717, 1.165) is 27.3 Å². The van der Waals surface area contributed by atoms with Crippen molar-refractivity contribution in [2.45, 2.75) is 20.4 Å². The molecular weight excluding hydrogens is 360 g/mol. The Morgan fingerprint density at radius 1 is 1.30 bits per heavy atom. The Labute approximate surface area is 160 Å². The quantitative estimate of drug-likeness (QED) is 0.577. The molecule has 4 aromatic heterocycles. The fraction of sp³-hybridized carbons (Fsp3) is 0.263. The van der Waals surface area contributed by atoms with E-state index in [1.807, 2.05) is 55.2 Å². The fourth-order valence-corrected chi connectivity index (χ4v) is 3.86. The number of nitrogens with one attached hydrogen (secondary N) is 1. The molecule has 4 aromatic rings. The molecule has 138 valence electrons. The van der Waals surface area contributed by atoms with Crippen LogP contribution >= 0.6 is 11.3 Å². The molecular formula is C19H20N6OS. The van der Waals surface area contributed by atoms with Gasteiger partial charge >= 0.3 is 0 Å². The Morgan fingerprint density at radius 2 is 2.15 bits per heavy atom. The lowest BCUT2D eigenvalue weighted by atomic mass is 10.1. The molecule has 7 nitrogen and oxygen atoms in total. The summed E-state index contributed by atoms with van der Waals surface area (Å²) < 4.78 is 3.60. The summed E-state index contributed by atoms with van der Waals surface area (Å²) >= 11 is 1.60. The second kappa shape index (κ2) is 6.96. The summed E-state index contributed by atoms with van der Waals surface area (Å²) in [4.78, 5) is 18.7. The van der Waals surface area contributed by atoms with Gasteiger partial charge in [0.05, 0.1) is 33.8 Å². The summed E-state index contributed by atoms with van der Waals surface area (Å²) in [5, 5.41) is 14.5. The van der Waals surface area contributed by atoms with Crippen LogP contribution in [-0.2, 0) is 13.6 Å². The highest BCUT2D eigenvalue weighted by Crippen LogP contribution is 2.29. The monoisotopic (exact) mass is 380 g/mol. The molecule has 0 bridgehead atoms. The zero-order valence-electron chi connectivity index (χ0n) is 15.4. The number of pyridine rings is 1. The molecule has 27 heavy (non-hydrogen) atoms. The standard InChI is InChI=1S/C19H20N6OS/c1-12-6-7-21-25(12)9-8-20-19(26)14-11-15(16-5-4-10-27-16)22-18-17(14)13(2)23-24(18)3/h4-7,10-11H,8-9H2,1-3H3,(H,20,26). The van der Waals surface area contributed by atoms with Gasteiger partial charge in [0.25, 0.3) is 5.91 Å². The maximum atomic E-state index is 13.0. The smallest absolute Gasteiger partial charge is 0.252 e. The molecule has 8 heteroatoms. The van der Waals surface area contributed by atoms with Gasteiger partial charge in [0.1, 0.15) is 0 Å². The van der Waals surface area contributed by atoms with Crippen molar-refractivity contribution < 1.29 is 4.79 Å². The average molecular weight is 380 g/mol. The predicted molar refractivity (Wildman–Crippen MR) is 106 cm³/mol. The minimum atomic E-state index is -0.124. The van der Waals surface area contributed by atoms with Gasteiger partial charge in [0.2, 0.25) is 0 Å². The highest BCUT2D eigenvalue weighted by molar-refractivity contribution is 7.13. The molecule has 0 unspecified atom stereocenters. The molecule has 0 aromatic carbocycles.